The number of carbonyl (C=O) groups excluding carboxylic acids is 1. The third kappa shape index (κ3) is 4.87. The molecule has 5 rings (SSSR count). The number of piperazine rings is 1. The second kappa shape index (κ2) is 9.44. The molecule has 2 saturated heterocycles. The van der Waals surface area contributed by atoms with Crippen LogP contribution in [-0.2, 0) is 10.0 Å². The van der Waals surface area contributed by atoms with Crippen LogP contribution in [0.5, 0.6) is 5.75 Å². The van der Waals surface area contributed by atoms with E-state index in [1.54, 1.807) is 9.21 Å². The van der Waals surface area contributed by atoms with E-state index < -0.39 is 10.0 Å². The Labute approximate surface area is 209 Å². The Bertz CT molecular complexity index is 1160. The van der Waals surface area contributed by atoms with Crippen molar-refractivity contribution in [2.45, 2.75) is 56.9 Å². The molecule has 1 aromatic carbocycles. The average Bonchev–Trinajstić information content (AvgIpc) is 3.61. The van der Waals surface area contributed by atoms with Gasteiger partial charge in [-0.3, -0.25) is 4.79 Å². The maximum atomic E-state index is 13.1. The van der Waals surface area contributed by atoms with Gasteiger partial charge in [-0.2, -0.15) is 4.31 Å². The summed E-state index contributed by atoms with van der Waals surface area (Å²) in [7, 11) is -3.19. The Morgan fingerprint density at radius 3 is 2.32 bits per heavy atom. The summed E-state index contributed by atoms with van der Waals surface area (Å²) >= 11 is 3.63. The maximum absolute atomic E-state index is 13.1. The minimum atomic E-state index is -3.19. The number of benzene rings is 1. The summed E-state index contributed by atoms with van der Waals surface area (Å²) in [5.41, 5.74) is 1.38. The number of rotatable bonds is 6. The molecule has 0 spiro atoms. The van der Waals surface area contributed by atoms with Crippen molar-refractivity contribution in [1.29, 1.82) is 0 Å². The first kappa shape index (κ1) is 24.1. The fourth-order valence-corrected chi connectivity index (χ4v) is 7.18. The topological polar surface area (TPSA) is 85.9 Å². The molecule has 8 nitrogen and oxygen atoms in total. The van der Waals surface area contributed by atoms with Crippen molar-refractivity contribution in [3.05, 3.63) is 28.4 Å². The van der Waals surface area contributed by atoms with Gasteiger partial charge in [0, 0.05) is 56.2 Å². The third-order valence-corrected chi connectivity index (χ3v) is 10.3. The number of ether oxygens (including phenoxy) is 1. The number of carbonyl (C=O) groups is 1. The van der Waals surface area contributed by atoms with Gasteiger partial charge >= 0.3 is 0 Å². The lowest BCUT2D eigenvalue weighted by Crippen LogP contribution is -2.51. The Kier molecular flexibility index (Phi) is 6.69. The quantitative estimate of drug-likeness (QED) is 0.593. The van der Waals surface area contributed by atoms with Crippen LogP contribution in [-0.4, -0.2) is 90.1 Å². The molecule has 0 atom stereocenters. The first-order chi connectivity index (χ1) is 16.2. The van der Waals surface area contributed by atoms with Crippen LogP contribution in [0.15, 0.2) is 22.7 Å². The summed E-state index contributed by atoms with van der Waals surface area (Å²) in [4.78, 5) is 20.6. The average molecular weight is 554 g/mol. The number of likely N-dealkylation sites (tertiary alicyclic amines) is 1. The van der Waals surface area contributed by atoms with Crippen molar-refractivity contribution in [3.8, 4) is 5.75 Å². The summed E-state index contributed by atoms with van der Waals surface area (Å²) in [6, 6.07) is 6.38. The molecule has 1 N–H and O–H groups in total. The number of hydrogen-bond donors (Lipinski definition) is 1. The standard InChI is InChI=1S/C24H33BrN4O4S/c1-16(2)27-7-5-18(6-8-27)33-23-14-17-13-22(26-21(17)15-20(23)25)24(30)28-9-11-29(12-10-28)34(31,32)19-3-4-19/h13-16,18-19,26H,3-12H2,1-2H3. The van der Waals surface area contributed by atoms with E-state index in [-0.39, 0.29) is 17.3 Å². The van der Waals surface area contributed by atoms with Crippen LogP contribution in [0.3, 0.4) is 0 Å². The zero-order chi connectivity index (χ0) is 24.0. The zero-order valence-electron chi connectivity index (χ0n) is 19.8. The number of halogens is 1. The Balaban J connectivity index is 1.24. The Hall–Kier alpha value is -1.62. The number of H-pyrrole nitrogens is 1. The minimum Gasteiger partial charge on any atom is -0.489 e. The largest absolute Gasteiger partial charge is 0.489 e. The minimum absolute atomic E-state index is 0.0979. The molecule has 1 aromatic heterocycles. The number of sulfonamides is 1. The molecule has 0 radical (unpaired) electrons. The first-order valence-corrected chi connectivity index (χ1v) is 14.5. The van der Waals surface area contributed by atoms with E-state index in [4.69, 9.17) is 4.74 Å². The van der Waals surface area contributed by atoms with Gasteiger partial charge in [-0.05, 0) is 73.7 Å². The number of piperidine rings is 1. The molecule has 1 amide bonds. The lowest BCUT2D eigenvalue weighted by Gasteiger charge is -2.34. The van der Waals surface area contributed by atoms with Crippen LogP contribution < -0.4 is 4.74 Å². The van der Waals surface area contributed by atoms with Gasteiger partial charge < -0.3 is 19.5 Å². The van der Waals surface area contributed by atoms with Gasteiger partial charge in [0.25, 0.3) is 5.91 Å². The number of aromatic nitrogens is 1. The molecule has 3 aliphatic rings. The van der Waals surface area contributed by atoms with Gasteiger partial charge in [-0.15, -0.1) is 0 Å². The number of amides is 1. The van der Waals surface area contributed by atoms with Crippen molar-refractivity contribution >= 4 is 42.8 Å². The van der Waals surface area contributed by atoms with Gasteiger partial charge in [-0.25, -0.2) is 8.42 Å². The maximum Gasteiger partial charge on any atom is 0.270 e. The molecule has 34 heavy (non-hydrogen) atoms. The van der Waals surface area contributed by atoms with E-state index in [1.807, 2.05) is 18.2 Å². The van der Waals surface area contributed by atoms with E-state index in [1.165, 1.54) is 0 Å². The van der Waals surface area contributed by atoms with Gasteiger partial charge in [0.2, 0.25) is 10.0 Å². The number of aromatic amines is 1. The second-order valence-electron chi connectivity index (χ2n) is 9.94. The number of fused-ring (bicyclic) bond motifs is 1. The van der Waals surface area contributed by atoms with Crippen molar-refractivity contribution in [3.63, 3.8) is 0 Å². The molecule has 1 aliphatic carbocycles. The van der Waals surface area contributed by atoms with E-state index in [0.29, 0.717) is 37.9 Å². The highest BCUT2D eigenvalue weighted by Gasteiger charge is 2.41. The van der Waals surface area contributed by atoms with Crippen LogP contribution in [0.4, 0.5) is 0 Å². The highest BCUT2D eigenvalue weighted by atomic mass is 79.9. The number of nitrogens with zero attached hydrogens (tertiary/aromatic N) is 3. The van der Waals surface area contributed by atoms with Crippen molar-refractivity contribution in [1.82, 2.24) is 19.1 Å². The molecular weight excluding hydrogens is 520 g/mol. The van der Waals surface area contributed by atoms with Gasteiger partial charge in [0.1, 0.15) is 17.5 Å². The summed E-state index contributed by atoms with van der Waals surface area (Å²) in [6.07, 6.45) is 3.71. The molecule has 2 aromatic rings. The van der Waals surface area contributed by atoms with Crippen LogP contribution >= 0.6 is 15.9 Å². The summed E-state index contributed by atoms with van der Waals surface area (Å²) in [5.74, 6) is 0.701. The normalized spacial score (nSPS) is 21.5. The van der Waals surface area contributed by atoms with Gasteiger partial charge in [-0.1, -0.05) is 0 Å². The van der Waals surface area contributed by atoms with E-state index in [0.717, 1.165) is 59.9 Å². The lowest BCUT2D eigenvalue weighted by molar-refractivity contribution is 0.0693. The summed E-state index contributed by atoms with van der Waals surface area (Å²) in [5, 5.41) is 0.720. The fraction of sp³-hybridized carbons (Fsp3) is 0.625. The molecule has 2 aliphatic heterocycles. The predicted molar refractivity (Wildman–Crippen MR) is 136 cm³/mol. The molecule has 186 valence electrons. The molecule has 10 heteroatoms. The number of nitrogens with one attached hydrogen (secondary N) is 1. The van der Waals surface area contributed by atoms with Crippen molar-refractivity contribution in [2.75, 3.05) is 39.3 Å². The number of hydrogen-bond acceptors (Lipinski definition) is 5. The Morgan fingerprint density at radius 1 is 1.03 bits per heavy atom. The van der Waals surface area contributed by atoms with Gasteiger partial charge in [0.15, 0.2) is 0 Å². The SMILES string of the molecule is CC(C)N1CCC(Oc2cc3cc(C(=O)N4CCN(S(=O)(=O)C5CC5)CC4)[nH]c3cc2Br)CC1. The second-order valence-corrected chi connectivity index (χ2v) is 13.0. The van der Waals surface area contributed by atoms with Crippen LogP contribution in [0.2, 0.25) is 0 Å². The van der Waals surface area contributed by atoms with E-state index >= 15 is 0 Å². The summed E-state index contributed by atoms with van der Waals surface area (Å²) in [6.45, 7) is 8.09. The predicted octanol–water partition coefficient (Wildman–Crippen LogP) is 3.43. The van der Waals surface area contributed by atoms with Crippen LogP contribution in [0.25, 0.3) is 10.9 Å². The van der Waals surface area contributed by atoms with E-state index in [2.05, 4.69) is 39.7 Å². The Morgan fingerprint density at radius 2 is 1.71 bits per heavy atom. The third-order valence-electron chi connectivity index (χ3n) is 7.24. The first-order valence-electron chi connectivity index (χ1n) is 12.2. The lowest BCUT2D eigenvalue weighted by atomic mass is 10.1. The van der Waals surface area contributed by atoms with E-state index in [9.17, 15) is 13.2 Å². The van der Waals surface area contributed by atoms with Crippen LogP contribution in [0, 0.1) is 0 Å². The monoisotopic (exact) mass is 552 g/mol. The molecule has 0 bridgehead atoms. The fourth-order valence-electron chi connectivity index (χ4n) is 4.92. The molecule has 1 saturated carbocycles. The van der Waals surface area contributed by atoms with Crippen molar-refractivity contribution in [2.24, 2.45) is 0 Å². The molecule has 3 fully saturated rings. The molecule has 0 unspecified atom stereocenters. The van der Waals surface area contributed by atoms with Crippen molar-refractivity contribution < 1.29 is 17.9 Å². The zero-order valence-corrected chi connectivity index (χ0v) is 22.2. The molecular formula is C24H33BrN4O4S. The highest BCUT2D eigenvalue weighted by molar-refractivity contribution is 9.10. The molecule has 3 heterocycles. The van der Waals surface area contributed by atoms with Gasteiger partial charge in [0.05, 0.1) is 9.72 Å². The smallest absolute Gasteiger partial charge is 0.270 e. The summed E-state index contributed by atoms with van der Waals surface area (Å²) < 4.78 is 33.7. The van der Waals surface area contributed by atoms with Crippen LogP contribution in [0.1, 0.15) is 50.0 Å². The highest BCUT2D eigenvalue weighted by Crippen LogP contribution is 2.34.